The molecule has 0 saturated carbocycles. The summed E-state index contributed by atoms with van der Waals surface area (Å²) in [4.78, 5) is 26.0. The van der Waals surface area contributed by atoms with Gasteiger partial charge in [0.05, 0.1) is 12.0 Å². The molecule has 0 atom stereocenters. The molecule has 0 N–H and O–H groups in total. The van der Waals surface area contributed by atoms with Gasteiger partial charge in [-0.05, 0) is 37.3 Å². The van der Waals surface area contributed by atoms with Gasteiger partial charge in [0.2, 0.25) is 14.2 Å². The van der Waals surface area contributed by atoms with E-state index in [0.717, 1.165) is 5.56 Å². The number of anilines is 1. The fraction of sp³-hybridized carbons (Fsp3) is 0.333. The topological polar surface area (TPSA) is 46.6 Å². The zero-order chi connectivity index (χ0) is 20.2. The molecule has 0 aliphatic rings. The highest BCUT2D eigenvalue weighted by molar-refractivity contribution is 6.83. The Hall–Kier alpha value is -2.19. The predicted octanol–water partition coefficient (Wildman–Crippen LogP) is 5.09. The maximum absolute atomic E-state index is 13.2. The van der Waals surface area contributed by atoms with E-state index in [0.29, 0.717) is 17.7 Å². The molecule has 0 bridgehead atoms. The molecule has 0 spiro atoms. The highest BCUT2D eigenvalue weighted by Crippen LogP contribution is 2.28. The van der Waals surface area contributed by atoms with E-state index in [-0.39, 0.29) is 11.9 Å². The Kier molecular flexibility index (Phi) is 6.43. The number of carbonyl (C=O) groups excluding carboxylic acids is 2. The summed E-state index contributed by atoms with van der Waals surface area (Å²) in [5.74, 6) is -0.339. The van der Waals surface area contributed by atoms with Crippen molar-refractivity contribution in [3.05, 3.63) is 65.7 Å². The van der Waals surface area contributed by atoms with Crippen molar-refractivity contribution < 1.29 is 14.0 Å². The van der Waals surface area contributed by atoms with Crippen LogP contribution in [0.5, 0.6) is 0 Å². The molecule has 0 aliphatic heterocycles. The van der Waals surface area contributed by atoms with Crippen LogP contribution in [0.1, 0.15) is 15.9 Å². The van der Waals surface area contributed by atoms with Gasteiger partial charge in [0.15, 0.2) is 8.24 Å². The predicted molar refractivity (Wildman–Crippen MR) is 116 cm³/mol. The Morgan fingerprint density at radius 1 is 0.852 bits per heavy atom. The molecule has 6 heteroatoms. The quantitative estimate of drug-likeness (QED) is 0.636. The van der Waals surface area contributed by atoms with Gasteiger partial charge in [0.25, 0.3) is 0 Å². The van der Waals surface area contributed by atoms with Crippen LogP contribution in [0.15, 0.2) is 54.6 Å². The molecule has 0 aromatic heterocycles. The maximum Gasteiger partial charge on any atom is 0.326 e. The molecule has 0 fully saturated rings. The van der Waals surface area contributed by atoms with Crippen LogP contribution < -0.4 is 4.57 Å². The largest absolute Gasteiger partial charge is 0.516 e. The van der Waals surface area contributed by atoms with E-state index in [1.54, 1.807) is 6.07 Å². The monoisotopic (exact) mass is 399 g/mol. The molecule has 0 saturated heterocycles. The Morgan fingerprint density at radius 2 is 1.41 bits per heavy atom. The van der Waals surface area contributed by atoms with Crippen molar-refractivity contribution in [3.8, 4) is 0 Å². The Bertz CT molecular complexity index is 808. The van der Waals surface area contributed by atoms with Crippen molar-refractivity contribution in [2.45, 2.75) is 45.7 Å². The summed E-state index contributed by atoms with van der Waals surface area (Å²) in [6.45, 7) is 12.3. The van der Waals surface area contributed by atoms with Crippen molar-refractivity contribution in [1.82, 2.24) is 0 Å². The average molecular weight is 400 g/mol. The fourth-order valence-electron chi connectivity index (χ4n) is 2.89. The number of carbonyl (C=O) groups is 2. The summed E-state index contributed by atoms with van der Waals surface area (Å²) >= 11 is 0. The number of hydrogen-bond donors (Lipinski definition) is 0. The van der Waals surface area contributed by atoms with Crippen molar-refractivity contribution in [1.29, 1.82) is 0 Å². The van der Waals surface area contributed by atoms with Gasteiger partial charge < -0.3 is 8.99 Å². The fourth-order valence-corrected chi connectivity index (χ4v) is 5.30. The third kappa shape index (κ3) is 5.90. The van der Waals surface area contributed by atoms with Crippen molar-refractivity contribution in [2.24, 2.45) is 0 Å². The molecule has 144 valence electrons. The van der Waals surface area contributed by atoms with Gasteiger partial charge >= 0.3 is 5.97 Å². The Morgan fingerprint density at radius 3 is 1.96 bits per heavy atom. The third-order valence-electron chi connectivity index (χ3n) is 3.88. The lowest BCUT2D eigenvalue weighted by molar-refractivity contribution is -0.117. The minimum absolute atomic E-state index is 0.00798. The minimum atomic E-state index is -2.09. The molecule has 1 amide bonds. The van der Waals surface area contributed by atoms with Crippen molar-refractivity contribution in [3.63, 3.8) is 0 Å². The highest BCUT2D eigenvalue weighted by Gasteiger charge is 2.33. The van der Waals surface area contributed by atoms with Gasteiger partial charge in [0, 0.05) is 5.69 Å². The number of benzene rings is 2. The van der Waals surface area contributed by atoms with E-state index < -0.39 is 16.6 Å². The number of hydrogen-bond acceptors (Lipinski definition) is 3. The standard InChI is InChI=1S/C21H29NO3Si2/c1-26(2,3)22(20(23)16-17-12-8-7-9-13-17)19-15-11-10-14-18(19)21(24)25-27(4,5)6/h7-15H,16H2,1-6H3. The molecule has 0 aliphatic carbocycles. The Balaban J connectivity index is 2.43. The second-order valence-electron chi connectivity index (χ2n) is 8.58. The van der Waals surface area contributed by atoms with E-state index in [9.17, 15) is 9.59 Å². The van der Waals surface area contributed by atoms with Crippen LogP contribution in [0.3, 0.4) is 0 Å². The van der Waals surface area contributed by atoms with E-state index in [1.807, 2.05) is 72.7 Å². The third-order valence-corrected chi connectivity index (χ3v) is 6.51. The Labute approximate surface area is 164 Å². The molecule has 2 aromatic rings. The van der Waals surface area contributed by atoms with Crippen LogP contribution in [0.2, 0.25) is 39.3 Å². The second-order valence-corrected chi connectivity index (χ2v) is 17.8. The molecular weight excluding hydrogens is 370 g/mol. The lowest BCUT2D eigenvalue weighted by Gasteiger charge is -2.36. The van der Waals surface area contributed by atoms with Gasteiger partial charge in [-0.3, -0.25) is 4.79 Å². The van der Waals surface area contributed by atoms with Gasteiger partial charge in [-0.1, -0.05) is 62.1 Å². The molecule has 0 radical (unpaired) electrons. The van der Waals surface area contributed by atoms with Crippen molar-refractivity contribution in [2.75, 3.05) is 4.57 Å². The minimum Gasteiger partial charge on any atom is -0.516 e. The normalized spacial score (nSPS) is 11.8. The first-order chi connectivity index (χ1) is 12.5. The maximum atomic E-state index is 13.2. The first kappa shape index (κ1) is 21.1. The summed E-state index contributed by atoms with van der Waals surface area (Å²) in [7, 11) is -4.13. The zero-order valence-electron chi connectivity index (χ0n) is 17.1. The number of nitrogens with zero attached hydrogens (tertiary/aromatic N) is 1. The van der Waals surface area contributed by atoms with E-state index in [4.69, 9.17) is 4.43 Å². The molecule has 0 heterocycles. The SMILES string of the molecule is C[Si](C)(C)OC(=O)c1ccccc1N(C(=O)Cc1ccccc1)[Si](C)(C)C. The van der Waals surface area contributed by atoms with Gasteiger partial charge in [-0.15, -0.1) is 0 Å². The average Bonchev–Trinajstić information content (AvgIpc) is 2.53. The lowest BCUT2D eigenvalue weighted by atomic mass is 10.1. The second kappa shape index (κ2) is 8.23. The van der Waals surface area contributed by atoms with Gasteiger partial charge in [-0.25, -0.2) is 4.79 Å². The van der Waals surface area contributed by atoms with Crippen molar-refractivity contribution >= 4 is 34.1 Å². The summed E-state index contributed by atoms with van der Waals surface area (Å²) < 4.78 is 7.55. The lowest BCUT2D eigenvalue weighted by Crippen LogP contribution is -2.51. The van der Waals surface area contributed by atoms with Crippen LogP contribution in [0.25, 0.3) is 0 Å². The zero-order valence-corrected chi connectivity index (χ0v) is 19.1. The van der Waals surface area contributed by atoms with Crippen LogP contribution in [0.4, 0.5) is 5.69 Å². The summed E-state index contributed by atoms with van der Waals surface area (Å²) in [6, 6.07) is 17.0. The van der Waals surface area contributed by atoms with Gasteiger partial charge in [-0.2, -0.15) is 0 Å². The van der Waals surface area contributed by atoms with Crippen LogP contribution in [-0.4, -0.2) is 28.4 Å². The van der Waals surface area contributed by atoms with Crippen LogP contribution in [-0.2, 0) is 15.6 Å². The molecule has 27 heavy (non-hydrogen) atoms. The summed E-state index contributed by atoms with van der Waals surface area (Å²) in [5, 5.41) is 0. The summed E-state index contributed by atoms with van der Waals surface area (Å²) in [5.41, 5.74) is 2.08. The molecule has 0 unspecified atom stereocenters. The van der Waals surface area contributed by atoms with E-state index >= 15 is 0 Å². The number of amides is 1. The van der Waals surface area contributed by atoms with E-state index in [1.165, 1.54) is 0 Å². The first-order valence-electron chi connectivity index (χ1n) is 9.18. The number of para-hydroxylation sites is 1. The molecular formula is C21H29NO3Si2. The van der Waals surface area contributed by atoms with E-state index in [2.05, 4.69) is 19.6 Å². The van der Waals surface area contributed by atoms with Gasteiger partial charge in [0.1, 0.15) is 0 Å². The number of rotatable bonds is 6. The van der Waals surface area contributed by atoms with Crippen LogP contribution >= 0.6 is 0 Å². The highest BCUT2D eigenvalue weighted by atomic mass is 28.4. The van der Waals surface area contributed by atoms with Crippen LogP contribution in [0, 0.1) is 0 Å². The molecule has 2 aromatic carbocycles. The molecule has 4 nitrogen and oxygen atoms in total. The first-order valence-corrected chi connectivity index (χ1v) is 16.0. The smallest absolute Gasteiger partial charge is 0.326 e. The molecule has 2 rings (SSSR count). The summed E-state index contributed by atoms with van der Waals surface area (Å²) in [6.07, 6.45) is 0.308.